The molecule has 0 saturated carbocycles. The van der Waals surface area contributed by atoms with Crippen molar-refractivity contribution in [3.8, 4) is 0 Å². The molecule has 0 aromatic rings. The first kappa shape index (κ1) is 18.7. The highest BCUT2D eigenvalue weighted by Gasteiger charge is 2.35. The number of rotatable bonds is 11. The Morgan fingerprint density at radius 3 is 1.89 bits per heavy atom. The highest BCUT2D eigenvalue weighted by molar-refractivity contribution is 4.85. The quantitative estimate of drug-likeness (QED) is 0.241. The van der Waals surface area contributed by atoms with Gasteiger partial charge in [0.2, 0.25) is 0 Å². The van der Waals surface area contributed by atoms with Gasteiger partial charge in [-0.05, 0) is 6.42 Å². The molecule has 0 saturated heterocycles. The Hall–Kier alpha value is -0.280. The van der Waals surface area contributed by atoms with Crippen molar-refractivity contribution in [1.29, 1.82) is 0 Å². The Kier molecular flexibility index (Phi) is 10.3. The van der Waals surface area contributed by atoms with Gasteiger partial charge in [0.15, 0.2) is 0 Å². The summed E-state index contributed by atoms with van der Waals surface area (Å²) in [6, 6.07) is 0. The summed E-state index contributed by atoms with van der Waals surface area (Å²) in [7, 11) is 0. The lowest BCUT2D eigenvalue weighted by Gasteiger charge is -2.31. The highest BCUT2D eigenvalue weighted by atomic mass is 16.5. The summed E-state index contributed by atoms with van der Waals surface area (Å²) in [4.78, 5) is 0. The van der Waals surface area contributed by atoms with Crippen molar-refractivity contribution in [3.05, 3.63) is 0 Å². The molecule has 0 aromatic carbocycles. The number of ether oxygens (including phenoxy) is 1. The monoisotopic (exact) mass is 282 g/mol. The van der Waals surface area contributed by atoms with Gasteiger partial charge in [-0.25, -0.2) is 0 Å². The van der Waals surface area contributed by atoms with E-state index in [1.165, 1.54) is 0 Å². The van der Waals surface area contributed by atoms with Crippen molar-refractivity contribution in [2.24, 2.45) is 0 Å². The van der Waals surface area contributed by atoms with Crippen molar-refractivity contribution in [3.63, 3.8) is 0 Å². The van der Waals surface area contributed by atoms with Crippen molar-refractivity contribution < 1.29 is 35.4 Å². The lowest BCUT2D eigenvalue weighted by Crippen LogP contribution is -2.52. The average Bonchev–Trinajstić information content (AvgIpc) is 2.44. The number of hydrogen-bond donors (Lipinski definition) is 6. The maximum atomic E-state index is 9.82. The predicted octanol–water partition coefficient (Wildman–Crippen LogP) is -2.01. The Balaban J connectivity index is 4.46. The van der Waals surface area contributed by atoms with Crippen LogP contribution < -0.4 is 0 Å². The molecule has 6 N–H and O–H groups in total. The molecule has 0 aromatic heterocycles. The first-order chi connectivity index (χ1) is 8.99. The smallest absolute Gasteiger partial charge is 0.114 e. The molecular formula is C12H26O7. The van der Waals surface area contributed by atoms with E-state index in [0.717, 1.165) is 19.3 Å². The highest BCUT2D eigenvalue weighted by Crippen LogP contribution is 2.13. The molecule has 0 spiro atoms. The molecule has 116 valence electrons. The average molecular weight is 282 g/mol. The second kappa shape index (κ2) is 10.5. The van der Waals surface area contributed by atoms with Crippen LogP contribution >= 0.6 is 0 Å². The van der Waals surface area contributed by atoms with Gasteiger partial charge in [-0.15, -0.1) is 0 Å². The molecule has 5 atom stereocenters. The molecular weight excluding hydrogens is 256 g/mol. The molecule has 7 nitrogen and oxygen atoms in total. The normalized spacial score (nSPS) is 19.7. The van der Waals surface area contributed by atoms with Crippen LogP contribution in [-0.2, 0) is 4.74 Å². The standard InChI is InChI=1S/C12H26O7/c1-2-3-4-5-19-12(9(16)7-14)11(18)10(17)8(15)6-13/h8-18H,2-7H2,1H3/t8-,9-,10?,11-,12?/m0/s1. The van der Waals surface area contributed by atoms with Crippen LogP contribution in [0.3, 0.4) is 0 Å². The topological polar surface area (TPSA) is 131 Å². The molecule has 0 rings (SSSR count). The number of aliphatic hydroxyl groups is 6. The maximum Gasteiger partial charge on any atom is 0.114 e. The lowest BCUT2D eigenvalue weighted by atomic mass is 9.99. The van der Waals surface area contributed by atoms with Crippen LogP contribution in [0.5, 0.6) is 0 Å². The van der Waals surface area contributed by atoms with Gasteiger partial charge in [-0.2, -0.15) is 0 Å². The van der Waals surface area contributed by atoms with E-state index in [-0.39, 0.29) is 6.61 Å². The van der Waals surface area contributed by atoms with Crippen LogP contribution in [-0.4, -0.2) is 81.0 Å². The van der Waals surface area contributed by atoms with E-state index in [1.54, 1.807) is 0 Å². The van der Waals surface area contributed by atoms with Gasteiger partial charge in [-0.3, -0.25) is 0 Å². The van der Waals surface area contributed by atoms with Gasteiger partial charge in [0, 0.05) is 6.61 Å². The van der Waals surface area contributed by atoms with Crippen LogP contribution in [0.15, 0.2) is 0 Å². The van der Waals surface area contributed by atoms with Crippen molar-refractivity contribution in [1.82, 2.24) is 0 Å². The van der Waals surface area contributed by atoms with E-state index in [0.29, 0.717) is 0 Å². The Morgan fingerprint density at radius 2 is 1.42 bits per heavy atom. The molecule has 0 fully saturated rings. The number of unbranched alkanes of at least 4 members (excludes halogenated alkanes) is 2. The molecule has 0 aliphatic heterocycles. The van der Waals surface area contributed by atoms with Crippen LogP contribution in [0.1, 0.15) is 26.2 Å². The molecule has 0 aliphatic carbocycles. The SMILES string of the molecule is CCCCCOC([C@@H](O)C(O)[C@@H](O)CO)[C@@H](O)CO. The fourth-order valence-corrected chi connectivity index (χ4v) is 1.64. The zero-order valence-electron chi connectivity index (χ0n) is 11.2. The van der Waals surface area contributed by atoms with Crippen LogP contribution in [0, 0.1) is 0 Å². The minimum absolute atomic E-state index is 0.258. The van der Waals surface area contributed by atoms with Gasteiger partial charge in [0.05, 0.1) is 13.2 Å². The third-order valence-electron chi connectivity index (χ3n) is 2.89. The van der Waals surface area contributed by atoms with Crippen LogP contribution in [0.2, 0.25) is 0 Å². The minimum atomic E-state index is -1.66. The lowest BCUT2D eigenvalue weighted by molar-refractivity contribution is -0.165. The largest absolute Gasteiger partial charge is 0.394 e. The molecule has 0 bridgehead atoms. The summed E-state index contributed by atoms with van der Waals surface area (Å²) < 4.78 is 5.26. The number of aliphatic hydroxyl groups excluding tert-OH is 6. The zero-order chi connectivity index (χ0) is 14.8. The summed E-state index contributed by atoms with van der Waals surface area (Å²) in [5, 5.41) is 55.8. The molecule has 0 heterocycles. The summed E-state index contributed by atoms with van der Waals surface area (Å²) in [6.07, 6.45) is -4.80. The van der Waals surface area contributed by atoms with Crippen molar-refractivity contribution >= 4 is 0 Å². The second-order valence-corrected chi connectivity index (χ2v) is 4.52. The van der Waals surface area contributed by atoms with Crippen molar-refractivity contribution in [2.45, 2.75) is 56.7 Å². The van der Waals surface area contributed by atoms with Gasteiger partial charge in [0.1, 0.15) is 30.5 Å². The van der Waals surface area contributed by atoms with Crippen LogP contribution in [0.25, 0.3) is 0 Å². The van der Waals surface area contributed by atoms with E-state index in [4.69, 9.17) is 14.9 Å². The van der Waals surface area contributed by atoms with Gasteiger partial charge in [-0.1, -0.05) is 19.8 Å². The Labute approximate surface area is 113 Å². The fraction of sp³-hybridized carbons (Fsp3) is 1.00. The maximum absolute atomic E-state index is 9.82. The van der Waals surface area contributed by atoms with Gasteiger partial charge in [0.25, 0.3) is 0 Å². The first-order valence-electron chi connectivity index (χ1n) is 6.55. The molecule has 19 heavy (non-hydrogen) atoms. The zero-order valence-corrected chi connectivity index (χ0v) is 11.2. The predicted molar refractivity (Wildman–Crippen MR) is 67.5 cm³/mol. The second-order valence-electron chi connectivity index (χ2n) is 4.52. The fourth-order valence-electron chi connectivity index (χ4n) is 1.64. The molecule has 2 unspecified atom stereocenters. The first-order valence-corrected chi connectivity index (χ1v) is 6.55. The van der Waals surface area contributed by atoms with Crippen LogP contribution in [0.4, 0.5) is 0 Å². The third kappa shape index (κ3) is 6.62. The van der Waals surface area contributed by atoms with Gasteiger partial charge >= 0.3 is 0 Å². The van der Waals surface area contributed by atoms with E-state index >= 15 is 0 Å². The van der Waals surface area contributed by atoms with E-state index in [9.17, 15) is 20.4 Å². The van der Waals surface area contributed by atoms with E-state index in [1.807, 2.05) is 6.92 Å². The summed E-state index contributed by atoms with van der Waals surface area (Å²) >= 11 is 0. The minimum Gasteiger partial charge on any atom is -0.394 e. The molecule has 0 radical (unpaired) electrons. The summed E-state index contributed by atoms with van der Waals surface area (Å²) in [5.41, 5.74) is 0. The van der Waals surface area contributed by atoms with E-state index in [2.05, 4.69) is 0 Å². The molecule has 0 amide bonds. The molecule has 7 heteroatoms. The Morgan fingerprint density at radius 1 is 0.842 bits per heavy atom. The third-order valence-corrected chi connectivity index (χ3v) is 2.89. The van der Waals surface area contributed by atoms with Crippen molar-refractivity contribution in [2.75, 3.05) is 19.8 Å². The number of hydrogen-bond acceptors (Lipinski definition) is 7. The summed E-state index contributed by atoms with van der Waals surface area (Å²) in [6.45, 7) is 0.901. The molecule has 0 aliphatic rings. The van der Waals surface area contributed by atoms with E-state index < -0.39 is 43.7 Å². The Bertz CT molecular complexity index is 214. The summed E-state index contributed by atoms with van der Waals surface area (Å²) in [5.74, 6) is 0. The van der Waals surface area contributed by atoms with Gasteiger partial charge < -0.3 is 35.4 Å².